The van der Waals surface area contributed by atoms with Gasteiger partial charge >= 0.3 is 0 Å². The lowest BCUT2D eigenvalue weighted by Crippen LogP contribution is -2.13. The number of aromatic nitrogens is 1. The number of hydrogen-bond acceptors (Lipinski definition) is 3. The molecule has 2 rings (SSSR count). The fourth-order valence-electron chi connectivity index (χ4n) is 1.69. The van der Waals surface area contributed by atoms with E-state index in [9.17, 15) is 4.79 Å². The van der Waals surface area contributed by atoms with Crippen molar-refractivity contribution in [1.82, 2.24) is 4.98 Å². The summed E-state index contributed by atoms with van der Waals surface area (Å²) in [6.07, 6.45) is 0. The van der Waals surface area contributed by atoms with Crippen LogP contribution in [-0.2, 0) is 0 Å². The predicted molar refractivity (Wildman–Crippen MR) is 95.5 cm³/mol. The Morgan fingerprint density at radius 2 is 2.05 bits per heavy atom. The van der Waals surface area contributed by atoms with E-state index >= 15 is 0 Å². The Bertz CT molecular complexity index is 679. The maximum Gasteiger partial charge on any atom is 0.255 e. The second-order valence-electron chi connectivity index (χ2n) is 4.17. The fraction of sp³-hybridized carbons (Fsp3) is 0.143. The highest BCUT2D eigenvalue weighted by atomic mass is 127. The third-order valence-electron chi connectivity index (χ3n) is 2.59. The maximum absolute atomic E-state index is 12.3. The smallest absolute Gasteiger partial charge is 0.255 e. The molecule has 0 saturated heterocycles. The number of rotatable bonds is 4. The van der Waals surface area contributed by atoms with Crippen molar-refractivity contribution in [2.75, 3.05) is 17.2 Å². The molecule has 7 heteroatoms. The minimum absolute atomic E-state index is 0.257. The summed E-state index contributed by atoms with van der Waals surface area (Å²) >= 11 is 14.2. The van der Waals surface area contributed by atoms with Gasteiger partial charge < -0.3 is 10.6 Å². The Hall–Kier alpha value is -1.05. The topological polar surface area (TPSA) is 54.0 Å². The summed E-state index contributed by atoms with van der Waals surface area (Å²) in [7, 11) is 0. The third-order valence-corrected chi connectivity index (χ3v) is 3.77. The number of carbonyl (C=O) groups excluding carboxylic acids is 1. The Labute approximate surface area is 146 Å². The van der Waals surface area contributed by atoms with Crippen LogP contribution < -0.4 is 10.6 Å². The number of carbonyl (C=O) groups is 1. The first kappa shape index (κ1) is 16.3. The van der Waals surface area contributed by atoms with Crippen LogP contribution in [0.5, 0.6) is 0 Å². The molecule has 0 aliphatic carbocycles. The number of nitrogens with zero attached hydrogens (tertiary/aromatic N) is 1. The largest absolute Gasteiger partial charge is 0.370 e. The standard InChI is InChI=1S/C14H12Cl2IN3O/c1-2-18-13-6-8(5-12(16)20-13)14(21)19-11-4-3-9(17)7-10(11)15/h3-7H,2H2,1H3,(H,18,20)(H,19,21). The van der Waals surface area contributed by atoms with Crippen LogP contribution in [-0.4, -0.2) is 17.4 Å². The first-order chi connectivity index (χ1) is 9.99. The molecular weight excluding hydrogens is 424 g/mol. The second kappa shape index (κ2) is 7.29. The molecule has 0 atom stereocenters. The molecule has 1 heterocycles. The van der Waals surface area contributed by atoms with Gasteiger partial charge in [0.1, 0.15) is 11.0 Å². The van der Waals surface area contributed by atoms with Crippen LogP contribution in [0, 0.1) is 3.57 Å². The number of hydrogen-bond donors (Lipinski definition) is 2. The highest BCUT2D eigenvalue weighted by Gasteiger charge is 2.11. The van der Waals surface area contributed by atoms with Crippen LogP contribution in [0.2, 0.25) is 10.2 Å². The highest BCUT2D eigenvalue weighted by molar-refractivity contribution is 14.1. The number of nitrogens with one attached hydrogen (secondary N) is 2. The lowest BCUT2D eigenvalue weighted by molar-refractivity contribution is 0.102. The zero-order chi connectivity index (χ0) is 15.4. The highest BCUT2D eigenvalue weighted by Crippen LogP contribution is 2.25. The summed E-state index contributed by atoms with van der Waals surface area (Å²) in [5, 5.41) is 6.53. The van der Waals surface area contributed by atoms with Gasteiger partial charge in [0.25, 0.3) is 5.91 Å². The number of pyridine rings is 1. The first-order valence-corrected chi connectivity index (χ1v) is 8.01. The molecule has 0 saturated carbocycles. The van der Waals surface area contributed by atoms with Crippen LogP contribution in [0.15, 0.2) is 30.3 Å². The van der Waals surface area contributed by atoms with Gasteiger partial charge in [0.2, 0.25) is 0 Å². The SMILES string of the molecule is CCNc1cc(C(=O)Nc2ccc(I)cc2Cl)cc(Cl)n1. The zero-order valence-corrected chi connectivity index (χ0v) is 14.8. The van der Waals surface area contributed by atoms with E-state index in [4.69, 9.17) is 23.2 Å². The van der Waals surface area contributed by atoms with Gasteiger partial charge in [0.15, 0.2) is 0 Å². The minimum atomic E-state index is -0.290. The van der Waals surface area contributed by atoms with E-state index in [1.807, 2.05) is 13.0 Å². The molecule has 110 valence electrons. The van der Waals surface area contributed by atoms with Crippen molar-refractivity contribution in [2.24, 2.45) is 0 Å². The van der Waals surface area contributed by atoms with E-state index in [-0.39, 0.29) is 11.1 Å². The molecule has 1 amide bonds. The molecule has 21 heavy (non-hydrogen) atoms. The minimum Gasteiger partial charge on any atom is -0.370 e. The Balaban J connectivity index is 2.23. The molecule has 0 aliphatic rings. The van der Waals surface area contributed by atoms with Crippen LogP contribution in [0.25, 0.3) is 0 Å². The van der Waals surface area contributed by atoms with Crippen molar-refractivity contribution in [3.05, 3.63) is 49.6 Å². The molecule has 2 N–H and O–H groups in total. The van der Waals surface area contributed by atoms with Gasteiger partial charge in [-0.25, -0.2) is 4.98 Å². The van der Waals surface area contributed by atoms with Gasteiger partial charge in [0, 0.05) is 15.7 Å². The van der Waals surface area contributed by atoms with Crippen LogP contribution >= 0.6 is 45.8 Å². The summed E-state index contributed by atoms with van der Waals surface area (Å²) in [5.41, 5.74) is 0.973. The zero-order valence-electron chi connectivity index (χ0n) is 11.1. The lowest BCUT2D eigenvalue weighted by Gasteiger charge is -2.09. The normalized spacial score (nSPS) is 10.3. The third kappa shape index (κ3) is 4.46. The van der Waals surface area contributed by atoms with Crippen molar-refractivity contribution in [3.8, 4) is 0 Å². The van der Waals surface area contributed by atoms with Gasteiger partial charge in [-0.2, -0.15) is 0 Å². The molecule has 2 aromatic rings. The van der Waals surface area contributed by atoms with E-state index < -0.39 is 0 Å². The van der Waals surface area contributed by atoms with E-state index in [1.54, 1.807) is 18.2 Å². The maximum atomic E-state index is 12.3. The molecule has 0 unspecified atom stereocenters. The Morgan fingerprint density at radius 1 is 1.29 bits per heavy atom. The molecule has 0 radical (unpaired) electrons. The summed E-state index contributed by atoms with van der Waals surface area (Å²) in [4.78, 5) is 16.4. The molecule has 4 nitrogen and oxygen atoms in total. The predicted octanol–water partition coefficient (Wildman–Crippen LogP) is 4.68. The van der Waals surface area contributed by atoms with Crippen molar-refractivity contribution in [2.45, 2.75) is 6.92 Å². The van der Waals surface area contributed by atoms with Crippen molar-refractivity contribution in [1.29, 1.82) is 0 Å². The van der Waals surface area contributed by atoms with Gasteiger partial charge in [-0.05, 0) is 59.8 Å². The van der Waals surface area contributed by atoms with E-state index in [0.717, 1.165) is 3.57 Å². The van der Waals surface area contributed by atoms with Gasteiger partial charge in [0.05, 0.1) is 10.7 Å². The number of halogens is 3. The van der Waals surface area contributed by atoms with E-state index in [2.05, 4.69) is 38.2 Å². The lowest BCUT2D eigenvalue weighted by atomic mass is 10.2. The van der Waals surface area contributed by atoms with Gasteiger partial charge in [-0.3, -0.25) is 4.79 Å². The van der Waals surface area contributed by atoms with E-state index in [1.165, 1.54) is 6.07 Å². The monoisotopic (exact) mass is 435 g/mol. The average Bonchev–Trinajstić information content (AvgIpc) is 2.41. The molecule has 0 aliphatic heterocycles. The average molecular weight is 436 g/mol. The van der Waals surface area contributed by atoms with Gasteiger partial charge in [-0.1, -0.05) is 23.2 Å². The molecule has 1 aromatic heterocycles. The van der Waals surface area contributed by atoms with Gasteiger partial charge in [-0.15, -0.1) is 0 Å². The number of benzene rings is 1. The van der Waals surface area contributed by atoms with Crippen molar-refractivity contribution >= 4 is 63.2 Å². The summed E-state index contributed by atoms with van der Waals surface area (Å²) in [5.74, 6) is 0.269. The molecule has 0 bridgehead atoms. The number of anilines is 2. The second-order valence-corrected chi connectivity index (χ2v) is 6.21. The Kier molecular flexibility index (Phi) is 5.66. The molecule has 0 fully saturated rings. The quantitative estimate of drug-likeness (QED) is 0.541. The van der Waals surface area contributed by atoms with Crippen LogP contribution in [0.1, 0.15) is 17.3 Å². The Morgan fingerprint density at radius 3 is 2.71 bits per heavy atom. The number of amides is 1. The van der Waals surface area contributed by atoms with Crippen LogP contribution in [0.3, 0.4) is 0 Å². The summed E-state index contributed by atoms with van der Waals surface area (Å²) < 4.78 is 0.997. The van der Waals surface area contributed by atoms with E-state index in [0.29, 0.717) is 28.6 Å². The fourth-order valence-corrected chi connectivity index (χ4v) is 2.80. The summed E-state index contributed by atoms with van der Waals surface area (Å²) in [6.45, 7) is 2.63. The van der Waals surface area contributed by atoms with Crippen molar-refractivity contribution < 1.29 is 4.79 Å². The summed E-state index contributed by atoms with van der Waals surface area (Å²) in [6, 6.07) is 8.56. The first-order valence-electron chi connectivity index (χ1n) is 6.17. The van der Waals surface area contributed by atoms with Crippen molar-refractivity contribution in [3.63, 3.8) is 0 Å². The molecule has 0 spiro atoms. The van der Waals surface area contributed by atoms with Crippen LogP contribution in [0.4, 0.5) is 11.5 Å². The molecule has 1 aromatic carbocycles. The molecular formula is C14H12Cl2IN3O.